The van der Waals surface area contributed by atoms with E-state index in [1.54, 1.807) is 6.33 Å². The van der Waals surface area contributed by atoms with E-state index in [0.29, 0.717) is 0 Å². The minimum atomic E-state index is 0.189. The summed E-state index contributed by atoms with van der Waals surface area (Å²) in [5, 5.41) is 9.00. The number of aliphatic hydroxyl groups is 1. The van der Waals surface area contributed by atoms with Gasteiger partial charge in [-0.05, 0) is 24.1 Å². The molecule has 0 aliphatic carbocycles. The second-order valence-corrected chi connectivity index (χ2v) is 3.93. The number of nitrogens with zero attached hydrogens (tertiary/aromatic N) is 2. The van der Waals surface area contributed by atoms with Gasteiger partial charge in [-0.3, -0.25) is 0 Å². The molecule has 15 heavy (non-hydrogen) atoms. The number of nitrogen functional groups attached to an aromatic ring is 1. The zero-order chi connectivity index (χ0) is 10.8. The summed E-state index contributed by atoms with van der Waals surface area (Å²) in [4.78, 5) is 4.27. The van der Waals surface area contributed by atoms with Crippen LogP contribution in [0.15, 0.2) is 24.5 Å². The zero-order valence-electron chi connectivity index (χ0n) is 8.72. The van der Waals surface area contributed by atoms with Crippen LogP contribution in [0.3, 0.4) is 0 Å². The van der Waals surface area contributed by atoms with Gasteiger partial charge in [-0.25, -0.2) is 4.98 Å². The number of benzene rings is 1. The third-order valence-corrected chi connectivity index (χ3v) is 2.47. The first-order chi connectivity index (χ1) is 7.20. The van der Waals surface area contributed by atoms with Gasteiger partial charge < -0.3 is 15.4 Å². The molecule has 1 atom stereocenters. The summed E-state index contributed by atoms with van der Waals surface area (Å²) in [5.74, 6) is 0.236. The molecule has 1 aromatic carbocycles. The van der Waals surface area contributed by atoms with Crippen molar-refractivity contribution in [3.8, 4) is 0 Å². The molecular formula is C11H15N3O. The van der Waals surface area contributed by atoms with Crippen LogP contribution in [-0.4, -0.2) is 21.3 Å². The minimum absolute atomic E-state index is 0.189. The Bertz CT molecular complexity index is 464. The molecule has 0 amide bonds. The third kappa shape index (κ3) is 1.94. The van der Waals surface area contributed by atoms with Crippen molar-refractivity contribution in [1.82, 2.24) is 9.55 Å². The molecule has 0 bridgehead atoms. The Hall–Kier alpha value is -1.55. The summed E-state index contributed by atoms with van der Waals surface area (Å²) in [7, 11) is 0. The quantitative estimate of drug-likeness (QED) is 0.741. The smallest absolute Gasteiger partial charge is 0.0958 e. The number of anilines is 1. The van der Waals surface area contributed by atoms with Crippen molar-refractivity contribution >= 4 is 16.7 Å². The van der Waals surface area contributed by atoms with Gasteiger partial charge in [0.15, 0.2) is 0 Å². The minimum Gasteiger partial charge on any atom is -0.399 e. The molecule has 1 heterocycles. The van der Waals surface area contributed by atoms with Crippen LogP contribution in [0, 0.1) is 5.92 Å². The first kappa shape index (κ1) is 9.98. The fourth-order valence-corrected chi connectivity index (χ4v) is 1.62. The van der Waals surface area contributed by atoms with Gasteiger partial charge in [0.05, 0.1) is 17.4 Å². The average Bonchev–Trinajstić information content (AvgIpc) is 2.60. The standard InChI is InChI=1S/C11H15N3O/c1-8(6-15)5-14-7-13-10-4-9(12)2-3-11(10)14/h2-4,7-8,15H,5-6,12H2,1H3. The Morgan fingerprint density at radius 2 is 2.33 bits per heavy atom. The number of hydrogen-bond acceptors (Lipinski definition) is 3. The third-order valence-electron chi connectivity index (χ3n) is 2.47. The first-order valence-electron chi connectivity index (χ1n) is 5.02. The van der Waals surface area contributed by atoms with Crippen LogP contribution in [0.25, 0.3) is 11.0 Å². The van der Waals surface area contributed by atoms with Crippen LogP contribution >= 0.6 is 0 Å². The summed E-state index contributed by atoms with van der Waals surface area (Å²) >= 11 is 0. The van der Waals surface area contributed by atoms with Crippen molar-refractivity contribution in [3.05, 3.63) is 24.5 Å². The van der Waals surface area contributed by atoms with E-state index in [0.717, 1.165) is 23.3 Å². The number of nitrogens with two attached hydrogens (primary N) is 1. The lowest BCUT2D eigenvalue weighted by molar-refractivity contribution is 0.224. The molecule has 0 saturated carbocycles. The van der Waals surface area contributed by atoms with E-state index < -0.39 is 0 Å². The van der Waals surface area contributed by atoms with Crippen LogP contribution in [0.5, 0.6) is 0 Å². The number of aliphatic hydroxyl groups excluding tert-OH is 1. The van der Waals surface area contributed by atoms with Crippen molar-refractivity contribution in [1.29, 1.82) is 0 Å². The van der Waals surface area contributed by atoms with Gasteiger partial charge in [0, 0.05) is 18.8 Å². The zero-order valence-corrected chi connectivity index (χ0v) is 8.72. The van der Waals surface area contributed by atoms with Crippen molar-refractivity contribution in [2.45, 2.75) is 13.5 Å². The van der Waals surface area contributed by atoms with E-state index in [1.807, 2.05) is 29.7 Å². The summed E-state index contributed by atoms with van der Waals surface area (Å²) < 4.78 is 2.04. The molecule has 0 aliphatic rings. The predicted molar refractivity (Wildman–Crippen MR) is 60.4 cm³/mol. The normalized spacial score (nSPS) is 13.2. The van der Waals surface area contributed by atoms with Gasteiger partial charge in [0.25, 0.3) is 0 Å². The highest BCUT2D eigenvalue weighted by Gasteiger charge is 2.06. The van der Waals surface area contributed by atoms with Gasteiger partial charge >= 0.3 is 0 Å². The van der Waals surface area contributed by atoms with E-state index in [1.165, 1.54) is 0 Å². The van der Waals surface area contributed by atoms with E-state index in [4.69, 9.17) is 10.8 Å². The molecule has 0 aliphatic heterocycles. The summed E-state index contributed by atoms with van der Waals surface area (Å²) in [6.45, 7) is 2.97. The maximum Gasteiger partial charge on any atom is 0.0958 e. The number of aromatic nitrogens is 2. The monoisotopic (exact) mass is 205 g/mol. The molecular weight excluding hydrogens is 190 g/mol. The van der Waals surface area contributed by atoms with Crippen LogP contribution < -0.4 is 5.73 Å². The van der Waals surface area contributed by atoms with Crippen LogP contribution in [0.1, 0.15) is 6.92 Å². The summed E-state index contributed by atoms with van der Waals surface area (Å²) in [6, 6.07) is 5.68. The first-order valence-corrected chi connectivity index (χ1v) is 5.02. The number of hydrogen-bond donors (Lipinski definition) is 2. The molecule has 1 unspecified atom stereocenters. The number of rotatable bonds is 3. The Kier molecular flexibility index (Phi) is 2.60. The molecule has 3 N–H and O–H groups in total. The van der Waals surface area contributed by atoms with Crippen molar-refractivity contribution in [2.24, 2.45) is 5.92 Å². The summed E-state index contributed by atoms with van der Waals surface area (Å²) in [5.41, 5.74) is 8.36. The molecule has 4 nitrogen and oxygen atoms in total. The van der Waals surface area contributed by atoms with E-state index in [9.17, 15) is 0 Å². The molecule has 1 aromatic heterocycles. The topological polar surface area (TPSA) is 64.1 Å². The van der Waals surface area contributed by atoms with Gasteiger partial charge in [0.1, 0.15) is 0 Å². The van der Waals surface area contributed by atoms with Gasteiger partial charge in [-0.15, -0.1) is 0 Å². The van der Waals surface area contributed by atoms with E-state index in [-0.39, 0.29) is 12.5 Å². The maximum atomic E-state index is 9.00. The molecule has 2 rings (SSSR count). The highest BCUT2D eigenvalue weighted by Crippen LogP contribution is 2.17. The Balaban J connectivity index is 2.36. The Labute approximate surface area is 88.3 Å². The molecule has 0 saturated heterocycles. The summed E-state index contributed by atoms with van der Waals surface area (Å²) in [6.07, 6.45) is 1.79. The number of fused-ring (bicyclic) bond motifs is 1. The highest BCUT2D eigenvalue weighted by molar-refractivity contribution is 5.78. The predicted octanol–water partition coefficient (Wildman–Crippen LogP) is 1.25. The largest absolute Gasteiger partial charge is 0.399 e. The SMILES string of the molecule is CC(CO)Cn1cnc2cc(N)ccc21. The van der Waals surface area contributed by atoms with Crippen molar-refractivity contribution in [3.63, 3.8) is 0 Å². The van der Waals surface area contributed by atoms with E-state index in [2.05, 4.69) is 4.98 Å². The van der Waals surface area contributed by atoms with Crippen LogP contribution in [0.2, 0.25) is 0 Å². The second-order valence-electron chi connectivity index (χ2n) is 3.93. The maximum absolute atomic E-state index is 9.00. The van der Waals surface area contributed by atoms with Crippen LogP contribution in [0.4, 0.5) is 5.69 Å². The number of imidazole rings is 1. The second kappa shape index (κ2) is 3.90. The Morgan fingerprint density at radius 3 is 3.07 bits per heavy atom. The lowest BCUT2D eigenvalue weighted by Gasteiger charge is -2.09. The molecule has 4 heteroatoms. The van der Waals surface area contributed by atoms with Gasteiger partial charge in [-0.2, -0.15) is 0 Å². The Morgan fingerprint density at radius 1 is 1.53 bits per heavy atom. The lowest BCUT2D eigenvalue weighted by atomic mass is 10.2. The fraction of sp³-hybridized carbons (Fsp3) is 0.364. The lowest BCUT2D eigenvalue weighted by Crippen LogP contribution is -2.10. The van der Waals surface area contributed by atoms with Crippen molar-refractivity contribution < 1.29 is 5.11 Å². The molecule has 0 radical (unpaired) electrons. The van der Waals surface area contributed by atoms with Gasteiger partial charge in [-0.1, -0.05) is 6.92 Å². The van der Waals surface area contributed by atoms with E-state index >= 15 is 0 Å². The van der Waals surface area contributed by atoms with Crippen LogP contribution in [-0.2, 0) is 6.54 Å². The average molecular weight is 205 g/mol. The molecule has 80 valence electrons. The molecule has 0 fully saturated rings. The molecule has 0 spiro atoms. The molecule has 2 aromatic rings. The fourth-order valence-electron chi connectivity index (χ4n) is 1.62. The van der Waals surface area contributed by atoms with Gasteiger partial charge in [0.2, 0.25) is 0 Å². The van der Waals surface area contributed by atoms with Crippen molar-refractivity contribution in [2.75, 3.05) is 12.3 Å². The highest BCUT2D eigenvalue weighted by atomic mass is 16.3.